The second-order valence-corrected chi connectivity index (χ2v) is 5.01. The zero-order chi connectivity index (χ0) is 14.8. The normalized spacial score (nSPS) is 17.1. The first-order chi connectivity index (χ1) is 10.2. The van der Waals surface area contributed by atoms with E-state index in [0.717, 1.165) is 17.0 Å². The van der Waals surface area contributed by atoms with Crippen molar-refractivity contribution in [3.05, 3.63) is 59.7 Å². The third-order valence-electron chi connectivity index (χ3n) is 3.64. The SMILES string of the molecule is CCOc1cccc(C2Nc3ccccc3C(=O)N2C)c1. The average molecular weight is 282 g/mol. The van der Waals surface area contributed by atoms with E-state index in [4.69, 9.17) is 4.74 Å². The molecule has 1 heterocycles. The van der Waals surface area contributed by atoms with Gasteiger partial charge in [-0.15, -0.1) is 0 Å². The maximum Gasteiger partial charge on any atom is 0.257 e. The summed E-state index contributed by atoms with van der Waals surface area (Å²) in [7, 11) is 1.81. The second-order valence-electron chi connectivity index (χ2n) is 5.01. The van der Waals surface area contributed by atoms with Crippen LogP contribution in [0, 0.1) is 0 Å². The molecule has 4 nitrogen and oxygen atoms in total. The van der Waals surface area contributed by atoms with Gasteiger partial charge in [0.1, 0.15) is 11.9 Å². The van der Waals surface area contributed by atoms with Crippen molar-refractivity contribution in [1.82, 2.24) is 4.90 Å². The Morgan fingerprint density at radius 1 is 1.19 bits per heavy atom. The van der Waals surface area contributed by atoms with Gasteiger partial charge in [0.2, 0.25) is 0 Å². The van der Waals surface area contributed by atoms with E-state index in [-0.39, 0.29) is 12.1 Å². The van der Waals surface area contributed by atoms with Gasteiger partial charge in [0.15, 0.2) is 0 Å². The fourth-order valence-electron chi connectivity index (χ4n) is 2.59. The monoisotopic (exact) mass is 282 g/mol. The maximum absolute atomic E-state index is 12.5. The molecule has 0 saturated carbocycles. The van der Waals surface area contributed by atoms with Crippen LogP contribution in [0.5, 0.6) is 5.75 Å². The summed E-state index contributed by atoms with van der Waals surface area (Å²) < 4.78 is 5.54. The van der Waals surface area contributed by atoms with Crippen molar-refractivity contribution >= 4 is 11.6 Å². The van der Waals surface area contributed by atoms with Crippen LogP contribution in [0.1, 0.15) is 29.0 Å². The van der Waals surface area contributed by atoms with Crippen molar-refractivity contribution in [2.24, 2.45) is 0 Å². The molecular weight excluding hydrogens is 264 g/mol. The molecule has 0 fully saturated rings. The number of rotatable bonds is 3. The van der Waals surface area contributed by atoms with Crippen molar-refractivity contribution < 1.29 is 9.53 Å². The lowest BCUT2D eigenvalue weighted by molar-refractivity contribution is 0.0735. The Labute approximate surface area is 124 Å². The van der Waals surface area contributed by atoms with Crippen molar-refractivity contribution in [2.75, 3.05) is 19.0 Å². The van der Waals surface area contributed by atoms with Crippen LogP contribution >= 0.6 is 0 Å². The molecule has 1 unspecified atom stereocenters. The maximum atomic E-state index is 12.5. The number of hydrogen-bond acceptors (Lipinski definition) is 3. The molecule has 2 aromatic rings. The van der Waals surface area contributed by atoms with Crippen LogP contribution in [-0.2, 0) is 0 Å². The number of hydrogen-bond donors (Lipinski definition) is 1. The smallest absolute Gasteiger partial charge is 0.257 e. The number of carbonyl (C=O) groups excluding carboxylic acids is 1. The van der Waals surface area contributed by atoms with Crippen LogP contribution in [0.15, 0.2) is 48.5 Å². The summed E-state index contributed by atoms with van der Waals surface area (Å²) in [5, 5.41) is 3.41. The van der Waals surface area contributed by atoms with E-state index in [1.54, 1.807) is 4.90 Å². The van der Waals surface area contributed by atoms with Gasteiger partial charge in [-0.05, 0) is 36.8 Å². The van der Waals surface area contributed by atoms with Crippen LogP contribution < -0.4 is 10.1 Å². The Morgan fingerprint density at radius 3 is 2.81 bits per heavy atom. The molecule has 108 valence electrons. The van der Waals surface area contributed by atoms with Gasteiger partial charge < -0.3 is 15.0 Å². The van der Waals surface area contributed by atoms with Crippen LogP contribution in [0.3, 0.4) is 0 Å². The largest absolute Gasteiger partial charge is 0.494 e. The van der Waals surface area contributed by atoms with Gasteiger partial charge in [0, 0.05) is 12.7 Å². The summed E-state index contributed by atoms with van der Waals surface area (Å²) in [6.45, 7) is 2.58. The molecule has 1 aliphatic rings. The standard InChI is InChI=1S/C17H18N2O2/c1-3-21-13-8-6-7-12(11-13)16-18-15-10-5-4-9-14(15)17(20)19(16)2/h4-11,16,18H,3H2,1-2H3. The number of carbonyl (C=O) groups is 1. The Bertz CT molecular complexity index is 669. The molecule has 0 saturated heterocycles. The number of anilines is 1. The first-order valence-electron chi connectivity index (χ1n) is 7.06. The summed E-state index contributed by atoms with van der Waals surface area (Å²) in [4.78, 5) is 14.2. The third-order valence-corrected chi connectivity index (χ3v) is 3.64. The Kier molecular flexibility index (Phi) is 3.52. The number of benzene rings is 2. The third kappa shape index (κ3) is 2.44. The van der Waals surface area contributed by atoms with E-state index < -0.39 is 0 Å². The predicted octanol–water partition coefficient (Wildman–Crippen LogP) is 3.28. The van der Waals surface area contributed by atoms with Crippen molar-refractivity contribution in [3.63, 3.8) is 0 Å². The minimum Gasteiger partial charge on any atom is -0.494 e. The van der Waals surface area contributed by atoms with Crippen molar-refractivity contribution in [2.45, 2.75) is 13.1 Å². The van der Waals surface area contributed by atoms with Crippen LogP contribution in [0.4, 0.5) is 5.69 Å². The number of ether oxygens (including phenoxy) is 1. The fourth-order valence-corrected chi connectivity index (χ4v) is 2.59. The first kappa shape index (κ1) is 13.5. The summed E-state index contributed by atoms with van der Waals surface area (Å²) in [6.07, 6.45) is -0.187. The zero-order valence-electron chi connectivity index (χ0n) is 12.2. The van der Waals surface area contributed by atoms with E-state index in [2.05, 4.69) is 5.32 Å². The fraction of sp³-hybridized carbons (Fsp3) is 0.235. The van der Waals surface area contributed by atoms with Gasteiger partial charge in [-0.1, -0.05) is 24.3 Å². The van der Waals surface area contributed by atoms with Gasteiger partial charge in [-0.25, -0.2) is 0 Å². The van der Waals surface area contributed by atoms with E-state index in [1.807, 2.05) is 62.5 Å². The van der Waals surface area contributed by atoms with E-state index in [9.17, 15) is 4.79 Å². The van der Waals surface area contributed by atoms with E-state index in [1.165, 1.54) is 0 Å². The lowest BCUT2D eigenvalue weighted by atomic mass is 10.0. The minimum absolute atomic E-state index is 0.0242. The Balaban J connectivity index is 1.96. The molecule has 21 heavy (non-hydrogen) atoms. The second kappa shape index (κ2) is 5.48. The molecule has 0 aliphatic carbocycles. The summed E-state index contributed by atoms with van der Waals surface area (Å²) in [5.74, 6) is 0.840. The highest BCUT2D eigenvalue weighted by Crippen LogP contribution is 2.32. The predicted molar refractivity (Wildman–Crippen MR) is 82.5 cm³/mol. The molecule has 1 amide bonds. The Hall–Kier alpha value is -2.49. The summed E-state index contributed by atoms with van der Waals surface area (Å²) in [6, 6.07) is 15.4. The number of fused-ring (bicyclic) bond motifs is 1. The number of nitrogens with one attached hydrogen (secondary N) is 1. The van der Waals surface area contributed by atoms with E-state index in [0.29, 0.717) is 12.2 Å². The molecule has 0 aromatic heterocycles. The highest BCUT2D eigenvalue weighted by Gasteiger charge is 2.29. The van der Waals surface area contributed by atoms with Crippen LogP contribution in [-0.4, -0.2) is 24.5 Å². The average Bonchev–Trinajstić information content (AvgIpc) is 2.51. The lowest BCUT2D eigenvalue weighted by Gasteiger charge is -2.35. The van der Waals surface area contributed by atoms with Gasteiger partial charge in [-0.3, -0.25) is 4.79 Å². The van der Waals surface area contributed by atoms with Gasteiger partial charge in [0.05, 0.1) is 12.2 Å². The highest BCUT2D eigenvalue weighted by molar-refractivity contribution is 6.01. The molecule has 1 N–H and O–H groups in total. The minimum atomic E-state index is -0.187. The quantitative estimate of drug-likeness (QED) is 0.939. The molecule has 1 atom stereocenters. The van der Waals surface area contributed by atoms with Crippen molar-refractivity contribution in [1.29, 1.82) is 0 Å². The lowest BCUT2D eigenvalue weighted by Crippen LogP contribution is -2.40. The Morgan fingerprint density at radius 2 is 2.00 bits per heavy atom. The zero-order valence-corrected chi connectivity index (χ0v) is 12.2. The van der Waals surface area contributed by atoms with Crippen molar-refractivity contribution in [3.8, 4) is 5.75 Å². The van der Waals surface area contributed by atoms with Gasteiger partial charge in [0.25, 0.3) is 5.91 Å². The van der Waals surface area contributed by atoms with E-state index >= 15 is 0 Å². The number of amides is 1. The van der Waals surface area contributed by atoms with Gasteiger partial charge >= 0.3 is 0 Å². The number of nitrogens with zero attached hydrogens (tertiary/aromatic N) is 1. The molecule has 0 spiro atoms. The molecule has 0 radical (unpaired) electrons. The summed E-state index contributed by atoms with van der Waals surface area (Å²) >= 11 is 0. The molecule has 2 aromatic carbocycles. The van der Waals surface area contributed by atoms with Crippen LogP contribution in [0.25, 0.3) is 0 Å². The van der Waals surface area contributed by atoms with Gasteiger partial charge in [-0.2, -0.15) is 0 Å². The first-order valence-corrected chi connectivity index (χ1v) is 7.06. The number of para-hydroxylation sites is 1. The molecule has 0 bridgehead atoms. The van der Waals surface area contributed by atoms with Crippen LogP contribution in [0.2, 0.25) is 0 Å². The molecule has 4 heteroatoms. The summed E-state index contributed by atoms with van der Waals surface area (Å²) in [5.41, 5.74) is 2.58. The molecule has 1 aliphatic heterocycles. The molecular formula is C17H18N2O2. The molecule has 3 rings (SSSR count). The highest BCUT2D eigenvalue weighted by atomic mass is 16.5. The topological polar surface area (TPSA) is 41.6 Å².